The molecular formula is C25H18F2N2O3. The molecule has 0 aromatic heterocycles. The second-order valence-electron chi connectivity index (χ2n) is 7.65. The summed E-state index contributed by atoms with van der Waals surface area (Å²) in [6, 6.07) is 18.8. The molecule has 5 nitrogen and oxygen atoms in total. The Morgan fingerprint density at radius 3 is 2.38 bits per heavy atom. The number of hydrogen-bond donors (Lipinski definition) is 1. The minimum absolute atomic E-state index is 0.0211. The van der Waals surface area contributed by atoms with Crippen molar-refractivity contribution in [3.8, 4) is 5.75 Å². The Kier molecular flexibility index (Phi) is 4.74. The molecule has 0 aliphatic carbocycles. The number of carbonyl (C=O) groups is 2. The first-order valence-corrected chi connectivity index (χ1v) is 10.1. The molecule has 160 valence electrons. The molecule has 2 heterocycles. The Labute approximate surface area is 182 Å². The van der Waals surface area contributed by atoms with Crippen LogP contribution < -0.4 is 15.0 Å². The molecule has 0 saturated carbocycles. The summed E-state index contributed by atoms with van der Waals surface area (Å²) in [6.45, 7) is 0.0277. The van der Waals surface area contributed by atoms with E-state index in [1.807, 2.05) is 18.2 Å². The van der Waals surface area contributed by atoms with Crippen LogP contribution in [0.1, 0.15) is 12.0 Å². The quantitative estimate of drug-likeness (QED) is 0.615. The van der Waals surface area contributed by atoms with Gasteiger partial charge in [-0.25, -0.2) is 8.78 Å². The Hall–Kier alpha value is -4.00. The topological polar surface area (TPSA) is 58.6 Å². The van der Waals surface area contributed by atoms with Gasteiger partial charge >= 0.3 is 0 Å². The molecule has 2 aliphatic heterocycles. The van der Waals surface area contributed by atoms with Crippen molar-refractivity contribution in [2.45, 2.75) is 12.0 Å². The van der Waals surface area contributed by atoms with Crippen LogP contribution in [-0.4, -0.2) is 24.0 Å². The third kappa shape index (κ3) is 3.05. The number of anilines is 2. The smallest absolute Gasteiger partial charge is 0.255 e. The van der Waals surface area contributed by atoms with Gasteiger partial charge in [0.2, 0.25) is 5.91 Å². The lowest BCUT2D eigenvalue weighted by Crippen LogP contribution is -2.71. The van der Waals surface area contributed by atoms with Gasteiger partial charge in [-0.1, -0.05) is 42.5 Å². The van der Waals surface area contributed by atoms with Gasteiger partial charge in [0.1, 0.15) is 24.0 Å². The van der Waals surface area contributed by atoms with Gasteiger partial charge in [-0.05, 0) is 36.4 Å². The fraction of sp³-hybridized carbons (Fsp3) is 0.120. The molecule has 7 heteroatoms. The van der Waals surface area contributed by atoms with E-state index in [2.05, 4.69) is 5.32 Å². The molecule has 1 unspecified atom stereocenters. The number of para-hydroxylation sites is 3. The highest BCUT2D eigenvalue weighted by Crippen LogP contribution is 2.46. The zero-order valence-corrected chi connectivity index (χ0v) is 16.8. The summed E-state index contributed by atoms with van der Waals surface area (Å²) < 4.78 is 34.8. The molecule has 1 fully saturated rings. The summed E-state index contributed by atoms with van der Waals surface area (Å²) in [5.41, 5.74) is -0.392. The minimum atomic E-state index is -1.56. The highest BCUT2D eigenvalue weighted by molar-refractivity contribution is 6.19. The van der Waals surface area contributed by atoms with E-state index < -0.39 is 29.0 Å². The third-order valence-corrected chi connectivity index (χ3v) is 5.79. The van der Waals surface area contributed by atoms with Gasteiger partial charge in [-0.15, -0.1) is 0 Å². The number of fused-ring (bicyclic) bond motifs is 1. The lowest BCUT2D eigenvalue weighted by Gasteiger charge is -2.52. The first-order chi connectivity index (χ1) is 15.5. The number of nitrogens with one attached hydrogen (secondary N) is 1. The van der Waals surface area contributed by atoms with Crippen molar-refractivity contribution >= 4 is 29.3 Å². The standard InChI is InChI=1S/C25H18F2N2O3/c26-18-8-2-4-10-20(18)28-24(31)25(17-13-16-7-1-6-12-22(16)32-15-17)14-23(30)29(25)21-11-5-3-9-19(21)27/h1-13H,14-15H2,(H,28,31). The van der Waals surface area contributed by atoms with Crippen LogP contribution in [0.3, 0.4) is 0 Å². The van der Waals surface area contributed by atoms with E-state index in [9.17, 15) is 18.4 Å². The van der Waals surface area contributed by atoms with Crippen LogP contribution in [0.15, 0.2) is 78.4 Å². The second kappa shape index (κ2) is 7.60. The largest absolute Gasteiger partial charge is 0.489 e. The average molecular weight is 432 g/mol. The average Bonchev–Trinajstić information content (AvgIpc) is 2.80. The van der Waals surface area contributed by atoms with Crippen LogP contribution in [0.4, 0.5) is 20.2 Å². The fourth-order valence-electron chi connectivity index (χ4n) is 4.20. The third-order valence-electron chi connectivity index (χ3n) is 5.79. The Balaban J connectivity index is 1.64. The van der Waals surface area contributed by atoms with Gasteiger partial charge in [0.15, 0.2) is 5.54 Å². The molecule has 1 N–H and O–H groups in total. The van der Waals surface area contributed by atoms with E-state index in [1.54, 1.807) is 24.3 Å². The molecule has 3 aromatic rings. The molecule has 2 amide bonds. The highest BCUT2D eigenvalue weighted by atomic mass is 19.1. The molecule has 3 aromatic carbocycles. The van der Waals surface area contributed by atoms with Gasteiger partial charge < -0.3 is 10.1 Å². The molecule has 0 spiro atoms. The van der Waals surface area contributed by atoms with E-state index in [1.165, 1.54) is 36.4 Å². The number of amides is 2. The van der Waals surface area contributed by atoms with Crippen LogP contribution >= 0.6 is 0 Å². The molecule has 5 rings (SSSR count). The van der Waals surface area contributed by atoms with Crippen molar-refractivity contribution in [1.29, 1.82) is 0 Å². The predicted octanol–water partition coefficient (Wildman–Crippen LogP) is 4.56. The predicted molar refractivity (Wildman–Crippen MR) is 116 cm³/mol. The lowest BCUT2D eigenvalue weighted by molar-refractivity contribution is -0.135. The van der Waals surface area contributed by atoms with E-state index >= 15 is 0 Å². The van der Waals surface area contributed by atoms with Crippen molar-refractivity contribution in [2.75, 3.05) is 16.8 Å². The first kappa shape index (κ1) is 19.9. The van der Waals surface area contributed by atoms with Crippen molar-refractivity contribution in [2.24, 2.45) is 0 Å². The van der Waals surface area contributed by atoms with E-state index in [0.29, 0.717) is 11.3 Å². The van der Waals surface area contributed by atoms with Crippen molar-refractivity contribution in [3.05, 3.63) is 95.6 Å². The second-order valence-corrected chi connectivity index (χ2v) is 7.65. The fourth-order valence-corrected chi connectivity index (χ4v) is 4.20. The molecule has 0 bridgehead atoms. The summed E-state index contributed by atoms with van der Waals surface area (Å²) in [5.74, 6) is -1.66. The SMILES string of the molecule is O=C1CC(C(=O)Nc2ccccc2F)(C2=Cc3ccccc3OC2)N1c1ccccc1F. The maximum atomic E-state index is 14.7. The van der Waals surface area contributed by atoms with E-state index in [0.717, 1.165) is 10.5 Å². The number of hydrogen-bond acceptors (Lipinski definition) is 3. The van der Waals surface area contributed by atoms with Crippen molar-refractivity contribution < 1.29 is 23.1 Å². The van der Waals surface area contributed by atoms with E-state index in [-0.39, 0.29) is 24.4 Å². The van der Waals surface area contributed by atoms with Crippen LogP contribution in [0.5, 0.6) is 5.75 Å². The number of benzene rings is 3. The maximum absolute atomic E-state index is 14.7. The number of nitrogens with zero attached hydrogens (tertiary/aromatic N) is 1. The monoisotopic (exact) mass is 432 g/mol. The maximum Gasteiger partial charge on any atom is 0.255 e. The highest BCUT2D eigenvalue weighted by Gasteiger charge is 2.60. The minimum Gasteiger partial charge on any atom is -0.489 e. The molecule has 1 atom stereocenters. The Bertz CT molecular complexity index is 1270. The summed E-state index contributed by atoms with van der Waals surface area (Å²) in [7, 11) is 0. The molecular weight excluding hydrogens is 414 g/mol. The van der Waals surface area contributed by atoms with Gasteiger partial charge in [0.05, 0.1) is 17.8 Å². The lowest BCUT2D eigenvalue weighted by atomic mass is 9.74. The Morgan fingerprint density at radius 1 is 0.938 bits per heavy atom. The van der Waals surface area contributed by atoms with Gasteiger partial charge in [0, 0.05) is 11.1 Å². The van der Waals surface area contributed by atoms with Gasteiger partial charge in [-0.3, -0.25) is 14.5 Å². The summed E-state index contributed by atoms with van der Waals surface area (Å²) in [5, 5.41) is 2.59. The molecule has 32 heavy (non-hydrogen) atoms. The number of carbonyl (C=O) groups excluding carboxylic acids is 2. The first-order valence-electron chi connectivity index (χ1n) is 10.1. The number of rotatable bonds is 4. The summed E-state index contributed by atoms with van der Waals surface area (Å²) in [4.78, 5) is 27.5. The summed E-state index contributed by atoms with van der Waals surface area (Å²) in [6.07, 6.45) is 1.58. The Morgan fingerprint density at radius 2 is 1.62 bits per heavy atom. The van der Waals surface area contributed by atoms with Crippen LogP contribution in [0.25, 0.3) is 6.08 Å². The molecule has 2 aliphatic rings. The van der Waals surface area contributed by atoms with Gasteiger partial charge in [0.25, 0.3) is 5.91 Å². The van der Waals surface area contributed by atoms with Gasteiger partial charge in [-0.2, -0.15) is 0 Å². The van der Waals surface area contributed by atoms with Crippen LogP contribution in [0, 0.1) is 11.6 Å². The molecule has 1 saturated heterocycles. The number of halogens is 2. The number of ether oxygens (including phenoxy) is 1. The zero-order valence-electron chi connectivity index (χ0n) is 16.8. The summed E-state index contributed by atoms with van der Waals surface area (Å²) >= 11 is 0. The molecule has 0 radical (unpaired) electrons. The van der Waals surface area contributed by atoms with E-state index in [4.69, 9.17) is 4.74 Å². The number of β-lactam (4-membered cyclic amide) rings is 1. The van der Waals surface area contributed by atoms with Crippen molar-refractivity contribution in [3.63, 3.8) is 0 Å². The zero-order chi connectivity index (χ0) is 22.3. The normalized spacial score (nSPS) is 19.4. The van der Waals surface area contributed by atoms with Crippen LogP contribution in [-0.2, 0) is 9.59 Å². The van der Waals surface area contributed by atoms with Crippen molar-refractivity contribution in [1.82, 2.24) is 0 Å². The van der Waals surface area contributed by atoms with Crippen LogP contribution in [0.2, 0.25) is 0 Å².